The number of aromatic nitrogens is 4. The van der Waals surface area contributed by atoms with Crippen molar-refractivity contribution < 1.29 is 22.3 Å². The van der Waals surface area contributed by atoms with Crippen LogP contribution in [-0.2, 0) is 0 Å². The van der Waals surface area contributed by atoms with E-state index in [1.54, 1.807) is 26.8 Å². The normalized spacial score (nSPS) is 12.4. The lowest BCUT2D eigenvalue weighted by Gasteiger charge is -2.17. The van der Waals surface area contributed by atoms with Gasteiger partial charge in [0.05, 0.1) is 17.1 Å². The number of hydrogen-bond donors (Lipinski definition) is 1. The number of nitrogens with zero attached hydrogens (tertiary/aromatic N) is 4. The summed E-state index contributed by atoms with van der Waals surface area (Å²) in [5.41, 5.74) is 6.70. The molecule has 0 fully saturated rings. The van der Waals surface area contributed by atoms with Gasteiger partial charge in [0, 0.05) is 5.56 Å². The van der Waals surface area contributed by atoms with Gasteiger partial charge in [-0.05, 0) is 68.8 Å². The van der Waals surface area contributed by atoms with Gasteiger partial charge in [-0.25, -0.2) is 27.8 Å². The SMILES string of the molecule is CC(C)Oc1ccc(-c2nn([C@@H](C)c3oc4cccc(F)c4c(=O)c3-c3cccc(F)c3)c3ncnc(N)c23)cc1F. The summed E-state index contributed by atoms with van der Waals surface area (Å²) >= 11 is 0. The van der Waals surface area contributed by atoms with Crippen LogP contribution in [0, 0.1) is 17.5 Å². The van der Waals surface area contributed by atoms with Crippen molar-refractivity contribution in [3.8, 4) is 28.1 Å². The summed E-state index contributed by atoms with van der Waals surface area (Å²) in [6, 6.07) is 13.0. The van der Waals surface area contributed by atoms with Crippen molar-refractivity contribution in [3.63, 3.8) is 0 Å². The van der Waals surface area contributed by atoms with Gasteiger partial charge in [-0.3, -0.25) is 4.79 Å². The molecule has 3 aromatic carbocycles. The lowest BCUT2D eigenvalue weighted by molar-refractivity contribution is 0.231. The summed E-state index contributed by atoms with van der Waals surface area (Å²) in [5.74, 6) is -1.67. The fraction of sp³-hybridized carbons (Fsp3) is 0.161. The summed E-state index contributed by atoms with van der Waals surface area (Å²) in [4.78, 5) is 22.2. The van der Waals surface area contributed by atoms with Gasteiger partial charge in [-0.2, -0.15) is 5.10 Å². The van der Waals surface area contributed by atoms with Crippen molar-refractivity contribution in [2.45, 2.75) is 32.9 Å². The second-order valence-electron chi connectivity index (χ2n) is 10.0. The summed E-state index contributed by atoms with van der Waals surface area (Å²) < 4.78 is 57.3. The second kappa shape index (κ2) is 10.3. The number of anilines is 1. The van der Waals surface area contributed by atoms with Gasteiger partial charge in [0.1, 0.15) is 52.2 Å². The van der Waals surface area contributed by atoms with Crippen LogP contribution in [-0.4, -0.2) is 25.9 Å². The lowest BCUT2D eigenvalue weighted by atomic mass is 9.99. The van der Waals surface area contributed by atoms with Gasteiger partial charge in [-0.1, -0.05) is 18.2 Å². The zero-order valence-electron chi connectivity index (χ0n) is 22.7. The Balaban J connectivity index is 1.60. The number of rotatable bonds is 6. The third kappa shape index (κ3) is 4.52. The average Bonchev–Trinajstić information content (AvgIpc) is 3.34. The molecule has 212 valence electrons. The Morgan fingerprint density at radius 2 is 1.69 bits per heavy atom. The van der Waals surface area contributed by atoms with E-state index in [9.17, 15) is 18.0 Å². The fourth-order valence-electron chi connectivity index (χ4n) is 5.00. The Morgan fingerprint density at radius 3 is 2.43 bits per heavy atom. The molecule has 0 aliphatic carbocycles. The second-order valence-corrected chi connectivity index (χ2v) is 10.0. The number of ether oxygens (including phenoxy) is 1. The van der Waals surface area contributed by atoms with E-state index in [4.69, 9.17) is 20.0 Å². The van der Waals surface area contributed by atoms with Crippen LogP contribution < -0.4 is 15.9 Å². The molecule has 1 atom stereocenters. The molecule has 2 N–H and O–H groups in total. The van der Waals surface area contributed by atoms with Crippen molar-refractivity contribution in [1.82, 2.24) is 19.7 Å². The summed E-state index contributed by atoms with van der Waals surface area (Å²) in [5, 5.41) is 4.81. The Kier molecular flexibility index (Phi) is 6.64. The Hall–Kier alpha value is -5.19. The molecule has 0 radical (unpaired) electrons. The van der Waals surface area contributed by atoms with Crippen molar-refractivity contribution in [2.75, 3.05) is 5.73 Å². The minimum Gasteiger partial charge on any atom is -0.488 e. The molecule has 0 spiro atoms. The van der Waals surface area contributed by atoms with E-state index in [1.807, 2.05) is 0 Å². The highest BCUT2D eigenvalue weighted by Crippen LogP contribution is 2.37. The Labute approximate surface area is 237 Å². The first-order valence-corrected chi connectivity index (χ1v) is 13.1. The highest BCUT2D eigenvalue weighted by Gasteiger charge is 2.28. The van der Waals surface area contributed by atoms with E-state index in [0.29, 0.717) is 10.9 Å². The summed E-state index contributed by atoms with van der Waals surface area (Å²) in [7, 11) is 0. The van der Waals surface area contributed by atoms with E-state index in [0.717, 1.165) is 6.07 Å². The van der Waals surface area contributed by atoms with Crippen LogP contribution in [0.1, 0.15) is 32.6 Å². The van der Waals surface area contributed by atoms with E-state index in [-0.39, 0.29) is 56.9 Å². The third-order valence-electron chi connectivity index (χ3n) is 6.84. The number of halogens is 3. The molecule has 3 aromatic heterocycles. The van der Waals surface area contributed by atoms with Gasteiger partial charge >= 0.3 is 0 Å². The number of benzene rings is 3. The lowest BCUT2D eigenvalue weighted by Crippen LogP contribution is -2.17. The van der Waals surface area contributed by atoms with Crippen LogP contribution in [0.4, 0.5) is 19.0 Å². The van der Waals surface area contributed by atoms with E-state index < -0.39 is 28.9 Å². The number of fused-ring (bicyclic) bond motifs is 2. The molecule has 0 bridgehead atoms. The topological polar surface area (TPSA) is 109 Å². The van der Waals surface area contributed by atoms with E-state index in [2.05, 4.69) is 9.97 Å². The zero-order valence-corrected chi connectivity index (χ0v) is 22.7. The highest BCUT2D eigenvalue weighted by molar-refractivity contribution is 5.98. The smallest absolute Gasteiger partial charge is 0.203 e. The van der Waals surface area contributed by atoms with Crippen LogP contribution in [0.15, 0.2) is 76.2 Å². The number of nitrogen functional groups attached to an aromatic ring is 1. The van der Waals surface area contributed by atoms with Gasteiger partial charge < -0.3 is 14.9 Å². The molecule has 42 heavy (non-hydrogen) atoms. The maximum absolute atomic E-state index is 15.0. The van der Waals surface area contributed by atoms with Gasteiger partial charge in [-0.15, -0.1) is 0 Å². The van der Waals surface area contributed by atoms with Gasteiger partial charge in [0.15, 0.2) is 17.2 Å². The van der Waals surface area contributed by atoms with Crippen LogP contribution in [0.2, 0.25) is 0 Å². The molecule has 6 rings (SSSR count). The predicted molar refractivity (Wildman–Crippen MR) is 153 cm³/mol. The predicted octanol–water partition coefficient (Wildman–Crippen LogP) is 6.66. The van der Waals surface area contributed by atoms with E-state index >= 15 is 0 Å². The van der Waals surface area contributed by atoms with Crippen LogP contribution in [0.5, 0.6) is 5.75 Å². The maximum Gasteiger partial charge on any atom is 0.203 e. The largest absolute Gasteiger partial charge is 0.488 e. The number of nitrogens with two attached hydrogens (primary N) is 1. The molecule has 3 heterocycles. The monoisotopic (exact) mass is 571 g/mol. The fourth-order valence-corrected chi connectivity index (χ4v) is 5.00. The zero-order chi connectivity index (χ0) is 29.7. The molecule has 0 unspecified atom stereocenters. The van der Waals surface area contributed by atoms with Gasteiger partial charge in [0.2, 0.25) is 5.43 Å². The van der Waals surface area contributed by atoms with Crippen molar-refractivity contribution in [2.24, 2.45) is 0 Å². The first-order valence-electron chi connectivity index (χ1n) is 13.1. The molecule has 0 saturated carbocycles. The molecular formula is C31H24F3N5O3. The third-order valence-corrected chi connectivity index (χ3v) is 6.84. The summed E-state index contributed by atoms with van der Waals surface area (Å²) in [6.07, 6.45) is 1.03. The van der Waals surface area contributed by atoms with Crippen molar-refractivity contribution in [1.29, 1.82) is 0 Å². The van der Waals surface area contributed by atoms with Crippen molar-refractivity contribution in [3.05, 3.63) is 100 Å². The number of hydrogen-bond acceptors (Lipinski definition) is 7. The first kappa shape index (κ1) is 27.0. The average molecular weight is 572 g/mol. The minimum absolute atomic E-state index is 0.00985. The van der Waals surface area contributed by atoms with E-state index in [1.165, 1.54) is 59.5 Å². The van der Waals surface area contributed by atoms with Crippen LogP contribution in [0.25, 0.3) is 44.4 Å². The molecule has 8 nitrogen and oxygen atoms in total. The van der Waals surface area contributed by atoms with Crippen molar-refractivity contribution >= 4 is 27.8 Å². The van der Waals surface area contributed by atoms with Crippen LogP contribution in [0.3, 0.4) is 0 Å². The Bertz CT molecular complexity index is 2050. The molecule has 0 aliphatic heterocycles. The first-order chi connectivity index (χ1) is 20.1. The molecule has 0 amide bonds. The summed E-state index contributed by atoms with van der Waals surface area (Å²) in [6.45, 7) is 5.28. The molecule has 6 aromatic rings. The quantitative estimate of drug-likeness (QED) is 0.238. The minimum atomic E-state index is -0.845. The molecular weight excluding hydrogens is 547 g/mol. The maximum atomic E-state index is 15.0. The Morgan fingerprint density at radius 1 is 0.905 bits per heavy atom. The molecule has 0 saturated heterocycles. The standard InChI is InChI=1S/C31H24F3N5O3/c1-15(2)41-22-11-10-18(13-21(22)34)27-26-30(35)36-14-37-31(26)39(38-27)16(3)29-24(17-6-4-7-19(32)12-17)28(40)25-20(33)8-5-9-23(25)42-29/h4-16H,1-3H3,(H2,35,36,37)/t16-/m0/s1. The van der Waals surface area contributed by atoms with Crippen LogP contribution >= 0.6 is 0 Å². The highest BCUT2D eigenvalue weighted by atomic mass is 19.1. The van der Waals surface area contributed by atoms with Gasteiger partial charge in [0.25, 0.3) is 0 Å². The molecule has 0 aliphatic rings. The molecule has 11 heteroatoms.